The van der Waals surface area contributed by atoms with Gasteiger partial charge in [-0.1, -0.05) is 17.7 Å². The zero-order valence-electron chi connectivity index (χ0n) is 7.81. The summed E-state index contributed by atoms with van der Waals surface area (Å²) in [5, 5.41) is 10.6. The van der Waals surface area contributed by atoms with E-state index in [9.17, 15) is 13.5 Å². The second-order valence-electron chi connectivity index (χ2n) is 3.00. The van der Waals surface area contributed by atoms with Crippen molar-refractivity contribution in [3.8, 4) is 0 Å². The van der Waals surface area contributed by atoms with Crippen LogP contribution in [-0.4, -0.2) is 19.6 Å². The van der Waals surface area contributed by atoms with Gasteiger partial charge in [0.25, 0.3) is 10.1 Å². The topological polar surface area (TPSA) is 74.3 Å². The lowest BCUT2D eigenvalue weighted by molar-refractivity contribution is 0.189. The molecule has 0 spiro atoms. The third-order valence-electron chi connectivity index (χ3n) is 1.92. The maximum Gasteiger partial charge on any atom is 0.294 e. The smallest absolute Gasteiger partial charge is 0.282 e. The third kappa shape index (κ3) is 3.17. The van der Waals surface area contributed by atoms with Crippen LogP contribution in [0.25, 0.3) is 0 Å². The van der Waals surface area contributed by atoms with Crippen molar-refractivity contribution in [1.29, 1.82) is 0 Å². The molecule has 6 heteroatoms. The minimum atomic E-state index is -4.27. The lowest BCUT2D eigenvalue weighted by Gasteiger charge is -2.07. The third-order valence-corrected chi connectivity index (χ3v) is 3.22. The average molecular weight is 250 g/mol. The average Bonchev–Trinajstić information content (AvgIpc) is 2.14. The minimum absolute atomic E-state index is 0.219. The molecular weight excluding hydrogens is 240 g/mol. The van der Waals surface area contributed by atoms with Crippen LogP contribution >= 0.6 is 11.6 Å². The van der Waals surface area contributed by atoms with Crippen LogP contribution in [0.3, 0.4) is 0 Å². The zero-order chi connectivity index (χ0) is 11.5. The van der Waals surface area contributed by atoms with Gasteiger partial charge >= 0.3 is 0 Å². The Hall–Kier alpha value is -0.620. The molecule has 1 aromatic carbocycles. The number of hydrogen-bond donors (Lipinski definition) is 1. The van der Waals surface area contributed by atoms with Crippen molar-refractivity contribution in [3.05, 3.63) is 28.8 Å². The van der Waals surface area contributed by atoms with Gasteiger partial charge in [0, 0.05) is 5.02 Å². The first-order valence-electron chi connectivity index (χ1n) is 4.30. The Balaban J connectivity index is 3.21. The Kier molecular flexibility index (Phi) is 4.10. The predicted octanol–water partition coefficient (Wildman–Crippen LogP) is 1.95. The summed E-state index contributed by atoms with van der Waals surface area (Å²) in [7, 11) is -4.27. The zero-order valence-corrected chi connectivity index (χ0v) is 9.38. The number of benzene rings is 1. The Morgan fingerprint density at radius 3 is 2.53 bits per heavy atom. The first-order chi connectivity index (χ1) is 6.96. The number of halogens is 1. The molecule has 0 aromatic heterocycles. The van der Waals surface area contributed by atoms with Crippen LogP contribution in [0.4, 0.5) is 0 Å². The Bertz CT molecular complexity index is 441. The molecule has 0 amide bonds. The second kappa shape index (κ2) is 4.94. The van der Waals surface area contributed by atoms with E-state index in [1.807, 2.05) is 0 Å². The Labute approximate surface area is 93.3 Å². The van der Waals surface area contributed by atoms with Gasteiger partial charge < -0.3 is 0 Å². The van der Waals surface area contributed by atoms with Crippen LogP contribution < -0.4 is 0 Å². The van der Waals surface area contributed by atoms with E-state index in [4.69, 9.17) is 16.2 Å². The lowest BCUT2D eigenvalue weighted by atomic mass is 10.1. The SMILES string of the molecule is [O]CCCc1c(Cl)cccc1S(=O)(=O)O. The van der Waals surface area contributed by atoms with Gasteiger partial charge in [0.2, 0.25) is 0 Å². The summed E-state index contributed by atoms with van der Waals surface area (Å²) in [4.78, 5) is -0.219. The van der Waals surface area contributed by atoms with Gasteiger partial charge in [-0.05, 0) is 30.5 Å². The minimum Gasteiger partial charge on any atom is -0.282 e. The molecule has 15 heavy (non-hydrogen) atoms. The molecule has 1 N–H and O–H groups in total. The van der Waals surface area contributed by atoms with Crippen LogP contribution in [0, 0.1) is 0 Å². The molecule has 1 radical (unpaired) electrons. The van der Waals surface area contributed by atoms with Crippen LogP contribution in [0.15, 0.2) is 23.1 Å². The van der Waals surface area contributed by atoms with Gasteiger partial charge in [-0.3, -0.25) is 4.55 Å². The van der Waals surface area contributed by atoms with E-state index in [0.717, 1.165) is 0 Å². The van der Waals surface area contributed by atoms with E-state index in [1.54, 1.807) is 0 Å². The quantitative estimate of drug-likeness (QED) is 0.829. The monoisotopic (exact) mass is 249 g/mol. The van der Waals surface area contributed by atoms with Gasteiger partial charge in [-0.2, -0.15) is 8.42 Å². The van der Waals surface area contributed by atoms with Gasteiger partial charge in [-0.15, -0.1) is 0 Å². The molecule has 0 atom stereocenters. The number of rotatable bonds is 4. The highest BCUT2D eigenvalue weighted by molar-refractivity contribution is 7.85. The van der Waals surface area contributed by atoms with Crippen LogP contribution in [0.2, 0.25) is 5.02 Å². The Morgan fingerprint density at radius 2 is 2.00 bits per heavy atom. The maximum atomic E-state index is 11.0. The lowest BCUT2D eigenvalue weighted by Crippen LogP contribution is -2.04. The molecule has 0 saturated carbocycles. The summed E-state index contributed by atoms with van der Waals surface area (Å²) < 4.78 is 30.9. The van der Waals surface area contributed by atoms with E-state index in [-0.39, 0.29) is 29.4 Å². The fourth-order valence-corrected chi connectivity index (χ4v) is 2.37. The van der Waals surface area contributed by atoms with Crippen molar-refractivity contribution in [1.82, 2.24) is 0 Å². The molecule has 0 aliphatic rings. The molecule has 4 nitrogen and oxygen atoms in total. The van der Waals surface area contributed by atoms with E-state index < -0.39 is 10.1 Å². The van der Waals surface area contributed by atoms with Gasteiger partial charge in [0.15, 0.2) is 0 Å². The van der Waals surface area contributed by atoms with Gasteiger partial charge in [0.1, 0.15) is 0 Å². The molecule has 1 rings (SSSR count). The fraction of sp³-hybridized carbons (Fsp3) is 0.333. The molecule has 0 heterocycles. The number of hydrogen-bond acceptors (Lipinski definition) is 2. The van der Waals surface area contributed by atoms with Crippen molar-refractivity contribution in [2.75, 3.05) is 6.61 Å². The summed E-state index contributed by atoms with van der Waals surface area (Å²) in [6.45, 7) is -0.309. The largest absolute Gasteiger partial charge is 0.294 e. The van der Waals surface area contributed by atoms with E-state index in [0.29, 0.717) is 5.56 Å². The van der Waals surface area contributed by atoms with E-state index >= 15 is 0 Å². The molecule has 83 valence electrons. The summed E-state index contributed by atoms with van der Waals surface area (Å²) in [5.41, 5.74) is 0.303. The molecule has 0 bridgehead atoms. The summed E-state index contributed by atoms with van der Waals surface area (Å²) in [5.74, 6) is 0. The highest BCUT2D eigenvalue weighted by Crippen LogP contribution is 2.24. The van der Waals surface area contributed by atoms with Crippen molar-refractivity contribution >= 4 is 21.7 Å². The molecule has 0 fully saturated rings. The fourth-order valence-electron chi connectivity index (χ4n) is 1.27. The van der Waals surface area contributed by atoms with Crippen molar-refractivity contribution in [2.24, 2.45) is 0 Å². The van der Waals surface area contributed by atoms with E-state index in [1.165, 1.54) is 18.2 Å². The predicted molar refractivity (Wildman–Crippen MR) is 55.1 cm³/mol. The highest BCUT2D eigenvalue weighted by atomic mass is 35.5. The molecule has 0 aliphatic heterocycles. The van der Waals surface area contributed by atoms with Crippen LogP contribution in [0.1, 0.15) is 12.0 Å². The summed E-state index contributed by atoms with van der Waals surface area (Å²) in [6, 6.07) is 4.23. The van der Waals surface area contributed by atoms with Gasteiger partial charge in [0.05, 0.1) is 11.5 Å². The molecule has 1 aromatic rings. The van der Waals surface area contributed by atoms with Crippen molar-refractivity contribution in [2.45, 2.75) is 17.7 Å². The van der Waals surface area contributed by atoms with Crippen molar-refractivity contribution < 1.29 is 18.1 Å². The van der Waals surface area contributed by atoms with Crippen LogP contribution in [0.5, 0.6) is 0 Å². The van der Waals surface area contributed by atoms with Crippen LogP contribution in [-0.2, 0) is 21.6 Å². The first kappa shape index (κ1) is 12.4. The maximum absolute atomic E-state index is 11.0. The Morgan fingerprint density at radius 1 is 1.33 bits per heavy atom. The summed E-state index contributed by atoms with van der Waals surface area (Å²) in [6.07, 6.45) is 0.532. The normalized spacial score (nSPS) is 11.7. The second-order valence-corrected chi connectivity index (χ2v) is 4.80. The van der Waals surface area contributed by atoms with Gasteiger partial charge in [-0.25, -0.2) is 5.11 Å². The molecule has 0 saturated heterocycles. The standard InChI is InChI=1S/C9H10ClO4S/c10-8-4-1-5-9(15(12,13)14)7(8)3-2-6-11/h1,4-5H,2-3,6H2,(H,12,13,14). The molecular formula is C9H10ClO4S. The molecule has 0 aliphatic carbocycles. The molecule has 0 unspecified atom stereocenters. The van der Waals surface area contributed by atoms with Crippen molar-refractivity contribution in [3.63, 3.8) is 0 Å². The highest BCUT2D eigenvalue weighted by Gasteiger charge is 2.16. The van der Waals surface area contributed by atoms with E-state index in [2.05, 4.69) is 0 Å². The first-order valence-corrected chi connectivity index (χ1v) is 6.11. The summed E-state index contributed by atoms with van der Waals surface area (Å²) >= 11 is 5.79.